The van der Waals surface area contributed by atoms with Crippen LogP contribution >= 0.6 is 0 Å². The number of nitrogens with one attached hydrogen (secondary N) is 1. The minimum atomic E-state index is -0.677. The molecule has 5 heteroatoms. The molecule has 0 aliphatic heterocycles. The maximum atomic E-state index is 11.3. The normalized spacial score (nSPS) is 34.8. The summed E-state index contributed by atoms with van der Waals surface area (Å²) in [4.78, 5) is 19.3. The Morgan fingerprint density at radius 1 is 1.41 bits per heavy atom. The van der Waals surface area contributed by atoms with Gasteiger partial charge in [-0.1, -0.05) is 0 Å². The molecule has 1 aromatic heterocycles. The summed E-state index contributed by atoms with van der Waals surface area (Å²) in [5, 5.41) is 12.6. The number of anilines is 1. The molecule has 0 radical (unpaired) electrons. The quantitative estimate of drug-likeness (QED) is 0.825. The maximum absolute atomic E-state index is 11.3. The number of aliphatic carboxylic acids is 1. The van der Waals surface area contributed by atoms with Crippen LogP contribution in [0.15, 0.2) is 18.6 Å². The molecule has 0 amide bonds. The first-order chi connectivity index (χ1) is 8.25. The Hall–Kier alpha value is -1.65. The third kappa shape index (κ3) is 1.75. The van der Waals surface area contributed by atoms with Crippen LogP contribution < -0.4 is 5.32 Å². The molecule has 2 bridgehead atoms. The molecule has 4 unspecified atom stereocenters. The highest BCUT2D eigenvalue weighted by molar-refractivity contribution is 5.73. The zero-order chi connectivity index (χ0) is 11.8. The molecule has 2 saturated carbocycles. The topological polar surface area (TPSA) is 75.1 Å². The van der Waals surface area contributed by atoms with E-state index in [0.717, 1.165) is 25.1 Å². The number of hydrogen-bond acceptors (Lipinski definition) is 4. The fourth-order valence-electron chi connectivity index (χ4n) is 3.40. The zero-order valence-electron chi connectivity index (χ0n) is 9.41. The van der Waals surface area contributed by atoms with Crippen LogP contribution in [-0.2, 0) is 4.79 Å². The maximum Gasteiger partial charge on any atom is 0.308 e. The zero-order valence-corrected chi connectivity index (χ0v) is 9.41. The van der Waals surface area contributed by atoms with Gasteiger partial charge in [-0.2, -0.15) is 0 Å². The standard InChI is InChI=1S/C12H15N3O2/c16-12(17)10-7-1-2-8(5-7)11(10)15-9-3-4-13-6-14-9/h3-4,6-8,10-11H,1-2,5H2,(H,16,17)(H,13,14,15). The van der Waals surface area contributed by atoms with Gasteiger partial charge in [-0.25, -0.2) is 9.97 Å². The molecule has 0 spiro atoms. The van der Waals surface area contributed by atoms with E-state index in [-0.39, 0.29) is 12.0 Å². The van der Waals surface area contributed by atoms with Crippen molar-refractivity contribution < 1.29 is 9.90 Å². The highest BCUT2D eigenvalue weighted by Crippen LogP contribution is 2.49. The van der Waals surface area contributed by atoms with Gasteiger partial charge in [0.1, 0.15) is 12.1 Å². The largest absolute Gasteiger partial charge is 0.481 e. The van der Waals surface area contributed by atoms with E-state index in [1.54, 1.807) is 12.3 Å². The van der Waals surface area contributed by atoms with E-state index in [2.05, 4.69) is 15.3 Å². The first-order valence-corrected chi connectivity index (χ1v) is 6.01. The van der Waals surface area contributed by atoms with Gasteiger partial charge in [0, 0.05) is 12.2 Å². The molecule has 90 valence electrons. The lowest BCUT2D eigenvalue weighted by Gasteiger charge is -2.29. The van der Waals surface area contributed by atoms with Crippen molar-refractivity contribution in [1.82, 2.24) is 9.97 Å². The van der Waals surface area contributed by atoms with Crippen molar-refractivity contribution in [2.45, 2.75) is 25.3 Å². The lowest BCUT2D eigenvalue weighted by Crippen LogP contribution is -2.39. The molecule has 17 heavy (non-hydrogen) atoms. The van der Waals surface area contributed by atoms with Gasteiger partial charge in [-0.05, 0) is 37.2 Å². The summed E-state index contributed by atoms with van der Waals surface area (Å²) in [6.45, 7) is 0. The average molecular weight is 233 g/mol. The lowest BCUT2D eigenvalue weighted by molar-refractivity contribution is -0.143. The Balaban J connectivity index is 1.80. The monoisotopic (exact) mass is 233 g/mol. The smallest absolute Gasteiger partial charge is 0.308 e. The fourth-order valence-corrected chi connectivity index (χ4v) is 3.40. The number of carboxylic acids is 1. The predicted molar refractivity (Wildman–Crippen MR) is 61.4 cm³/mol. The molecule has 0 aromatic carbocycles. The van der Waals surface area contributed by atoms with Crippen LogP contribution in [0.4, 0.5) is 5.82 Å². The predicted octanol–water partition coefficient (Wildman–Crippen LogP) is 1.39. The molecule has 4 atom stereocenters. The van der Waals surface area contributed by atoms with Crippen LogP contribution in [-0.4, -0.2) is 27.1 Å². The third-order valence-electron chi connectivity index (χ3n) is 4.10. The van der Waals surface area contributed by atoms with E-state index in [9.17, 15) is 9.90 Å². The van der Waals surface area contributed by atoms with Crippen molar-refractivity contribution in [2.24, 2.45) is 17.8 Å². The highest BCUT2D eigenvalue weighted by atomic mass is 16.4. The summed E-state index contributed by atoms with van der Waals surface area (Å²) in [6, 6.07) is 1.81. The van der Waals surface area contributed by atoms with Crippen LogP contribution in [0.5, 0.6) is 0 Å². The number of aromatic nitrogens is 2. The summed E-state index contributed by atoms with van der Waals surface area (Å²) in [6.07, 6.45) is 6.38. The van der Waals surface area contributed by atoms with Crippen LogP contribution in [0.3, 0.4) is 0 Å². The van der Waals surface area contributed by atoms with Crippen LogP contribution in [0, 0.1) is 17.8 Å². The summed E-state index contributed by atoms with van der Waals surface area (Å²) >= 11 is 0. The highest BCUT2D eigenvalue weighted by Gasteiger charge is 2.51. The van der Waals surface area contributed by atoms with Crippen LogP contribution in [0.1, 0.15) is 19.3 Å². The molecule has 1 aromatic rings. The summed E-state index contributed by atoms with van der Waals surface area (Å²) in [5.74, 6) is 0.615. The van der Waals surface area contributed by atoms with Crippen molar-refractivity contribution in [1.29, 1.82) is 0 Å². The molecule has 3 rings (SSSR count). The first-order valence-electron chi connectivity index (χ1n) is 6.01. The van der Waals surface area contributed by atoms with Crippen molar-refractivity contribution in [3.63, 3.8) is 0 Å². The molecule has 2 aliphatic carbocycles. The van der Waals surface area contributed by atoms with E-state index in [1.807, 2.05) is 0 Å². The van der Waals surface area contributed by atoms with E-state index >= 15 is 0 Å². The Labute approximate surface area is 99.3 Å². The Bertz CT molecular complexity index is 423. The van der Waals surface area contributed by atoms with E-state index in [4.69, 9.17) is 0 Å². The van der Waals surface area contributed by atoms with Gasteiger partial charge in [0.25, 0.3) is 0 Å². The number of nitrogens with zero attached hydrogens (tertiary/aromatic N) is 2. The summed E-state index contributed by atoms with van der Waals surface area (Å²) in [5.41, 5.74) is 0. The molecule has 2 fully saturated rings. The number of fused-ring (bicyclic) bond motifs is 2. The van der Waals surface area contributed by atoms with Gasteiger partial charge in [-0.3, -0.25) is 4.79 Å². The van der Waals surface area contributed by atoms with Gasteiger partial charge in [0.15, 0.2) is 0 Å². The van der Waals surface area contributed by atoms with Crippen molar-refractivity contribution in [2.75, 3.05) is 5.32 Å². The second-order valence-electron chi connectivity index (χ2n) is 4.96. The SMILES string of the molecule is O=C(O)C1C2CCC(C2)C1Nc1ccncn1. The molecular formula is C12H15N3O2. The van der Waals surface area contributed by atoms with Gasteiger partial charge < -0.3 is 10.4 Å². The molecule has 1 heterocycles. The van der Waals surface area contributed by atoms with Crippen LogP contribution in [0.2, 0.25) is 0 Å². The lowest BCUT2D eigenvalue weighted by atomic mass is 9.84. The minimum Gasteiger partial charge on any atom is -0.481 e. The number of carbonyl (C=O) groups is 1. The molecule has 2 N–H and O–H groups in total. The Morgan fingerprint density at radius 3 is 2.94 bits per heavy atom. The number of hydrogen-bond donors (Lipinski definition) is 2. The average Bonchev–Trinajstić information content (AvgIpc) is 2.90. The summed E-state index contributed by atoms with van der Waals surface area (Å²) < 4.78 is 0. The second-order valence-corrected chi connectivity index (χ2v) is 4.96. The van der Waals surface area contributed by atoms with Gasteiger partial charge in [0.2, 0.25) is 0 Å². The van der Waals surface area contributed by atoms with Gasteiger partial charge in [-0.15, -0.1) is 0 Å². The second kappa shape index (κ2) is 3.98. The van der Waals surface area contributed by atoms with Crippen molar-refractivity contribution in [3.05, 3.63) is 18.6 Å². The third-order valence-corrected chi connectivity index (χ3v) is 4.10. The van der Waals surface area contributed by atoms with Crippen molar-refractivity contribution in [3.8, 4) is 0 Å². The molecular weight excluding hydrogens is 218 g/mol. The number of carboxylic acid groups (broad SMARTS) is 1. The minimum absolute atomic E-state index is 0.0288. The van der Waals surface area contributed by atoms with E-state index in [0.29, 0.717) is 11.8 Å². The van der Waals surface area contributed by atoms with Crippen LogP contribution in [0.25, 0.3) is 0 Å². The molecule has 2 aliphatic rings. The van der Waals surface area contributed by atoms with Crippen molar-refractivity contribution >= 4 is 11.8 Å². The Morgan fingerprint density at radius 2 is 2.24 bits per heavy atom. The fraction of sp³-hybridized carbons (Fsp3) is 0.583. The Kier molecular flexibility index (Phi) is 2.46. The van der Waals surface area contributed by atoms with Gasteiger partial charge >= 0.3 is 5.97 Å². The molecule has 5 nitrogen and oxygen atoms in total. The summed E-state index contributed by atoms with van der Waals surface area (Å²) in [7, 11) is 0. The molecule has 0 saturated heterocycles. The first kappa shape index (κ1) is 10.5. The number of rotatable bonds is 3. The van der Waals surface area contributed by atoms with E-state index < -0.39 is 5.97 Å². The van der Waals surface area contributed by atoms with Gasteiger partial charge in [0.05, 0.1) is 5.92 Å². The van der Waals surface area contributed by atoms with E-state index in [1.165, 1.54) is 6.33 Å².